The van der Waals surface area contributed by atoms with Crippen LogP contribution in [0.1, 0.15) is 41.3 Å². The van der Waals surface area contributed by atoms with Crippen LogP contribution in [0.5, 0.6) is 0 Å². The first-order valence-corrected chi connectivity index (χ1v) is 9.97. The van der Waals surface area contributed by atoms with Crippen LogP contribution in [-0.2, 0) is 11.2 Å². The van der Waals surface area contributed by atoms with E-state index in [9.17, 15) is 9.59 Å². The molecule has 1 aliphatic heterocycles. The number of thioether (sulfide) groups is 1. The molecule has 1 amide bonds. The molecular weight excluding hydrogens is 374 g/mol. The Morgan fingerprint density at radius 3 is 2.75 bits per heavy atom. The summed E-state index contributed by atoms with van der Waals surface area (Å²) in [6, 6.07) is 13.4. The number of aromatic nitrogens is 4. The largest absolute Gasteiger partial charge is 0.326 e. The van der Waals surface area contributed by atoms with Crippen molar-refractivity contribution >= 4 is 29.1 Å². The molecule has 8 heteroatoms. The molecule has 3 aromatic rings. The van der Waals surface area contributed by atoms with Crippen molar-refractivity contribution in [1.82, 2.24) is 20.2 Å². The fourth-order valence-corrected chi connectivity index (χ4v) is 3.83. The molecule has 0 saturated heterocycles. The zero-order valence-electron chi connectivity index (χ0n) is 15.5. The van der Waals surface area contributed by atoms with Gasteiger partial charge in [-0.1, -0.05) is 37.7 Å². The minimum atomic E-state index is -0.0448. The topological polar surface area (TPSA) is 89.8 Å². The second-order valence-electron chi connectivity index (χ2n) is 6.93. The van der Waals surface area contributed by atoms with Gasteiger partial charge >= 0.3 is 0 Å². The summed E-state index contributed by atoms with van der Waals surface area (Å²) in [7, 11) is 0. The van der Waals surface area contributed by atoms with Crippen LogP contribution in [0, 0.1) is 0 Å². The summed E-state index contributed by atoms with van der Waals surface area (Å²) < 4.78 is 1.63. The van der Waals surface area contributed by atoms with Gasteiger partial charge in [0.1, 0.15) is 0 Å². The molecule has 142 valence electrons. The number of benzene rings is 2. The highest BCUT2D eigenvalue weighted by atomic mass is 32.2. The van der Waals surface area contributed by atoms with E-state index in [1.165, 1.54) is 17.3 Å². The maximum atomic E-state index is 12.6. The van der Waals surface area contributed by atoms with Gasteiger partial charge in [0, 0.05) is 11.3 Å². The summed E-state index contributed by atoms with van der Waals surface area (Å²) in [6.45, 7) is 4.29. The summed E-state index contributed by atoms with van der Waals surface area (Å²) in [4.78, 5) is 24.1. The predicted molar refractivity (Wildman–Crippen MR) is 107 cm³/mol. The normalized spacial score (nSPS) is 12.9. The van der Waals surface area contributed by atoms with Gasteiger partial charge in [-0.05, 0) is 57.8 Å². The Balaban J connectivity index is 1.46. The fraction of sp³-hybridized carbons (Fsp3) is 0.250. The smallest absolute Gasteiger partial charge is 0.228 e. The maximum Gasteiger partial charge on any atom is 0.228 e. The van der Waals surface area contributed by atoms with E-state index in [4.69, 9.17) is 0 Å². The van der Waals surface area contributed by atoms with Crippen molar-refractivity contribution in [2.75, 3.05) is 11.1 Å². The Labute approximate surface area is 166 Å². The lowest BCUT2D eigenvalue weighted by Gasteiger charge is -2.08. The average Bonchev–Trinajstić information content (AvgIpc) is 3.30. The monoisotopic (exact) mass is 393 g/mol. The molecular formula is C20H19N5O2S. The SMILES string of the molecule is CC(C)c1ccc(-n2nnnc2SCC(=O)c2ccc3c(c2)CC(=O)N3)cc1. The van der Waals surface area contributed by atoms with Crippen LogP contribution in [0.15, 0.2) is 47.6 Å². The zero-order chi connectivity index (χ0) is 19.7. The molecule has 0 fully saturated rings. The van der Waals surface area contributed by atoms with Crippen molar-refractivity contribution < 1.29 is 9.59 Å². The van der Waals surface area contributed by atoms with Crippen molar-refractivity contribution in [3.05, 3.63) is 59.2 Å². The van der Waals surface area contributed by atoms with Gasteiger partial charge in [0.15, 0.2) is 5.78 Å². The Bertz CT molecular complexity index is 1040. The van der Waals surface area contributed by atoms with Crippen LogP contribution in [-0.4, -0.2) is 37.7 Å². The van der Waals surface area contributed by atoms with Gasteiger partial charge in [-0.2, -0.15) is 4.68 Å². The maximum absolute atomic E-state index is 12.6. The third-order valence-electron chi connectivity index (χ3n) is 4.63. The number of fused-ring (bicyclic) bond motifs is 1. The van der Waals surface area contributed by atoms with Gasteiger partial charge in [0.05, 0.1) is 17.9 Å². The van der Waals surface area contributed by atoms with Crippen LogP contribution in [0.2, 0.25) is 0 Å². The van der Waals surface area contributed by atoms with Gasteiger partial charge in [-0.25, -0.2) is 0 Å². The predicted octanol–water partition coefficient (Wildman–Crippen LogP) is 3.26. The summed E-state index contributed by atoms with van der Waals surface area (Å²) in [5, 5.41) is 15.2. The average molecular weight is 393 g/mol. The summed E-state index contributed by atoms with van der Waals surface area (Å²) in [5.41, 5.74) is 4.32. The van der Waals surface area contributed by atoms with E-state index < -0.39 is 0 Å². The van der Waals surface area contributed by atoms with Crippen LogP contribution in [0.3, 0.4) is 0 Å². The molecule has 0 radical (unpaired) electrons. The fourth-order valence-electron chi connectivity index (χ4n) is 3.05. The lowest BCUT2D eigenvalue weighted by molar-refractivity contribution is -0.115. The first-order chi connectivity index (χ1) is 13.5. The number of tetrazole rings is 1. The van der Waals surface area contributed by atoms with Crippen molar-refractivity contribution in [2.45, 2.75) is 31.3 Å². The van der Waals surface area contributed by atoms with Gasteiger partial charge in [0.25, 0.3) is 0 Å². The van der Waals surface area contributed by atoms with Crippen LogP contribution >= 0.6 is 11.8 Å². The molecule has 0 saturated carbocycles. The van der Waals surface area contributed by atoms with E-state index in [2.05, 4.69) is 46.8 Å². The minimum Gasteiger partial charge on any atom is -0.326 e. The molecule has 1 aromatic heterocycles. The number of ketones is 1. The lowest BCUT2D eigenvalue weighted by atomic mass is 10.0. The Kier molecular flexibility index (Phi) is 4.95. The highest BCUT2D eigenvalue weighted by molar-refractivity contribution is 7.99. The number of nitrogens with zero attached hydrogens (tertiary/aromatic N) is 4. The van der Waals surface area contributed by atoms with Gasteiger partial charge in [-0.3, -0.25) is 9.59 Å². The minimum absolute atomic E-state index is 0.0307. The second-order valence-corrected chi connectivity index (χ2v) is 7.87. The number of anilines is 1. The van der Waals surface area contributed by atoms with Crippen molar-refractivity contribution in [3.63, 3.8) is 0 Å². The van der Waals surface area contributed by atoms with Crippen LogP contribution < -0.4 is 5.32 Å². The number of hydrogen-bond acceptors (Lipinski definition) is 6. The number of carbonyl (C=O) groups excluding carboxylic acids is 2. The molecule has 0 unspecified atom stereocenters. The first-order valence-electron chi connectivity index (χ1n) is 8.99. The van der Waals surface area contributed by atoms with E-state index >= 15 is 0 Å². The molecule has 0 atom stereocenters. The van der Waals surface area contributed by atoms with E-state index in [0.717, 1.165) is 16.9 Å². The summed E-state index contributed by atoms with van der Waals surface area (Å²) in [6.07, 6.45) is 0.314. The summed E-state index contributed by atoms with van der Waals surface area (Å²) >= 11 is 1.29. The number of Topliss-reactive ketones (excluding diaryl/α,β-unsaturated/α-hetero) is 1. The van der Waals surface area contributed by atoms with E-state index in [0.29, 0.717) is 23.1 Å². The molecule has 7 nitrogen and oxygen atoms in total. The molecule has 0 aliphatic carbocycles. The van der Waals surface area contributed by atoms with Gasteiger partial charge in [0.2, 0.25) is 11.1 Å². The second kappa shape index (κ2) is 7.55. The van der Waals surface area contributed by atoms with Crippen LogP contribution in [0.4, 0.5) is 5.69 Å². The van der Waals surface area contributed by atoms with E-state index in [-0.39, 0.29) is 17.4 Å². The quantitative estimate of drug-likeness (QED) is 0.511. The number of rotatable bonds is 6. The van der Waals surface area contributed by atoms with Gasteiger partial charge < -0.3 is 5.32 Å². The molecule has 0 spiro atoms. The van der Waals surface area contributed by atoms with Crippen molar-refractivity contribution in [2.24, 2.45) is 0 Å². The van der Waals surface area contributed by atoms with E-state index in [1.807, 2.05) is 12.1 Å². The van der Waals surface area contributed by atoms with Crippen molar-refractivity contribution in [3.8, 4) is 5.69 Å². The number of hydrogen-bond donors (Lipinski definition) is 1. The highest BCUT2D eigenvalue weighted by Crippen LogP contribution is 2.26. The van der Waals surface area contributed by atoms with Crippen LogP contribution in [0.25, 0.3) is 5.69 Å². The molecule has 28 heavy (non-hydrogen) atoms. The highest BCUT2D eigenvalue weighted by Gasteiger charge is 2.20. The van der Waals surface area contributed by atoms with Crippen molar-refractivity contribution in [1.29, 1.82) is 0 Å². The molecule has 1 N–H and O–H groups in total. The molecule has 2 aromatic carbocycles. The lowest BCUT2D eigenvalue weighted by Crippen LogP contribution is -2.05. The zero-order valence-corrected chi connectivity index (χ0v) is 16.4. The Morgan fingerprint density at radius 1 is 1.21 bits per heavy atom. The van der Waals surface area contributed by atoms with Gasteiger partial charge in [-0.15, -0.1) is 5.10 Å². The molecule has 1 aliphatic rings. The molecule has 2 heterocycles. The third-order valence-corrected chi connectivity index (χ3v) is 5.55. The number of carbonyl (C=O) groups is 2. The summed E-state index contributed by atoms with van der Waals surface area (Å²) in [5.74, 6) is 0.589. The number of amides is 1. The molecule has 0 bridgehead atoms. The Hall–Kier alpha value is -3.00. The van der Waals surface area contributed by atoms with E-state index in [1.54, 1.807) is 22.9 Å². The third kappa shape index (κ3) is 3.68. The molecule has 4 rings (SSSR count). The Morgan fingerprint density at radius 2 is 2.00 bits per heavy atom. The first kappa shape index (κ1) is 18.4. The standard InChI is InChI=1S/C20H19N5O2S/c1-12(2)13-3-6-16(7-4-13)25-20(22-23-24-25)28-11-18(26)14-5-8-17-15(9-14)10-19(27)21-17/h3-9,12H,10-11H2,1-2H3,(H,21,27). The number of nitrogens with one attached hydrogen (secondary N) is 1.